The molecule has 0 radical (unpaired) electrons. The van der Waals surface area contributed by atoms with E-state index in [1.54, 1.807) is 0 Å². The van der Waals surface area contributed by atoms with Gasteiger partial charge in [0.25, 0.3) is 0 Å². The maximum Gasteiger partial charge on any atom is 0.316 e. The van der Waals surface area contributed by atoms with Crippen molar-refractivity contribution in [1.29, 1.82) is 0 Å². The average molecular weight is 238 g/mol. The van der Waals surface area contributed by atoms with E-state index in [1.807, 2.05) is 7.05 Å². The quantitative estimate of drug-likeness (QED) is 0.509. The second kappa shape index (κ2) is 3.00. The molecule has 5 heteroatoms. The normalized spacial score (nSPS) is 40.1. The van der Waals surface area contributed by atoms with E-state index in [2.05, 4.69) is 4.90 Å². The number of rotatable bonds is 1. The van der Waals surface area contributed by atoms with Crippen LogP contribution in [0, 0.1) is 11.3 Å². The van der Waals surface area contributed by atoms with Gasteiger partial charge in [0, 0.05) is 12.5 Å². The van der Waals surface area contributed by atoms with Crippen LogP contribution in [0.2, 0.25) is 0 Å². The molecule has 1 aliphatic carbocycles. The van der Waals surface area contributed by atoms with Crippen molar-refractivity contribution in [3.8, 4) is 0 Å². The fourth-order valence-corrected chi connectivity index (χ4v) is 3.57. The maximum atomic E-state index is 11.7. The highest BCUT2D eigenvalue weighted by molar-refractivity contribution is 6.53. The number of fused-ring (bicyclic) bond motifs is 1. The molecule has 0 spiro atoms. The van der Waals surface area contributed by atoms with Crippen molar-refractivity contribution in [2.45, 2.75) is 10.8 Å². The summed E-state index contributed by atoms with van der Waals surface area (Å²) in [6.45, 7) is 1.53. The van der Waals surface area contributed by atoms with Crippen LogP contribution in [0.5, 0.6) is 0 Å². The number of nitrogens with zero attached hydrogens (tertiary/aromatic N) is 1. The van der Waals surface area contributed by atoms with Crippen molar-refractivity contribution in [3.05, 3.63) is 0 Å². The van der Waals surface area contributed by atoms with Crippen LogP contribution in [0.25, 0.3) is 0 Å². The monoisotopic (exact) mass is 237 g/mol. The Balaban J connectivity index is 2.28. The van der Waals surface area contributed by atoms with Crippen LogP contribution in [-0.4, -0.2) is 42.4 Å². The molecular weight excluding hydrogens is 225 g/mol. The molecule has 2 atom stereocenters. The van der Waals surface area contributed by atoms with Crippen LogP contribution in [0.4, 0.5) is 0 Å². The molecule has 1 aliphatic heterocycles. The molecule has 2 fully saturated rings. The predicted molar refractivity (Wildman–Crippen MR) is 54.5 cm³/mol. The van der Waals surface area contributed by atoms with Gasteiger partial charge in [-0.25, -0.2) is 0 Å². The van der Waals surface area contributed by atoms with Crippen LogP contribution in [-0.2, 0) is 9.53 Å². The average Bonchev–Trinajstić information content (AvgIpc) is 2.63. The third-order valence-corrected chi connectivity index (χ3v) is 4.61. The SMILES string of the molecule is COC(=O)C12CN(C)CCC1C2(Cl)Cl. The Bertz CT molecular complexity index is 282. The zero-order valence-corrected chi connectivity index (χ0v) is 9.73. The van der Waals surface area contributed by atoms with Gasteiger partial charge in [-0.15, -0.1) is 0 Å². The number of alkyl halides is 2. The summed E-state index contributed by atoms with van der Waals surface area (Å²) in [5.41, 5.74) is -0.683. The van der Waals surface area contributed by atoms with E-state index in [0.717, 1.165) is 13.0 Å². The minimum Gasteiger partial charge on any atom is -0.468 e. The van der Waals surface area contributed by atoms with Gasteiger partial charge in [-0.1, -0.05) is 23.2 Å². The number of esters is 1. The van der Waals surface area contributed by atoms with Crippen molar-refractivity contribution in [2.24, 2.45) is 11.3 Å². The lowest BCUT2D eigenvalue weighted by Crippen LogP contribution is -2.40. The molecular formula is C9H13Cl2NO2. The minimum absolute atomic E-state index is 0.0574. The molecule has 80 valence electrons. The first-order valence-electron chi connectivity index (χ1n) is 4.61. The van der Waals surface area contributed by atoms with Gasteiger partial charge < -0.3 is 9.64 Å². The van der Waals surface area contributed by atoms with Crippen molar-refractivity contribution >= 4 is 29.2 Å². The summed E-state index contributed by atoms with van der Waals surface area (Å²) in [7, 11) is 3.34. The summed E-state index contributed by atoms with van der Waals surface area (Å²) in [6.07, 6.45) is 0.860. The van der Waals surface area contributed by atoms with E-state index in [9.17, 15) is 4.79 Å². The van der Waals surface area contributed by atoms with E-state index in [-0.39, 0.29) is 11.9 Å². The van der Waals surface area contributed by atoms with Gasteiger partial charge in [0.05, 0.1) is 7.11 Å². The molecule has 1 saturated carbocycles. The highest BCUT2D eigenvalue weighted by atomic mass is 35.5. The smallest absolute Gasteiger partial charge is 0.316 e. The van der Waals surface area contributed by atoms with Crippen LogP contribution in [0.3, 0.4) is 0 Å². The number of likely N-dealkylation sites (tertiary alicyclic amines) is 1. The molecule has 1 heterocycles. The minimum atomic E-state index is -0.926. The lowest BCUT2D eigenvalue weighted by Gasteiger charge is -2.27. The summed E-state index contributed by atoms with van der Waals surface area (Å²) in [6, 6.07) is 0. The Kier molecular flexibility index (Phi) is 2.26. The van der Waals surface area contributed by atoms with Crippen LogP contribution in [0.1, 0.15) is 6.42 Å². The van der Waals surface area contributed by atoms with Crippen LogP contribution in [0.15, 0.2) is 0 Å². The van der Waals surface area contributed by atoms with E-state index >= 15 is 0 Å². The van der Waals surface area contributed by atoms with Gasteiger partial charge in [0.1, 0.15) is 9.75 Å². The second-order valence-electron chi connectivity index (χ2n) is 4.16. The fourth-order valence-electron chi connectivity index (χ4n) is 2.56. The lowest BCUT2D eigenvalue weighted by molar-refractivity contribution is -0.149. The number of carbonyl (C=O) groups excluding carboxylic acids is 1. The number of piperidine rings is 1. The highest BCUT2D eigenvalue weighted by Crippen LogP contribution is 2.72. The Labute approximate surface area is 93.3 Å². The summed E-state index contributed by atoms with van der Waals surface area (Å²) in [4.78, 5) is 13.7. The Morgan fingerprint density at radius 2 is 2.21 bits per heavy atom. The largest absolute Gasteiger partial charge is 0.468 e. The van der Waals surface area contributed by atoms with E-state index < -0.39 is 9.75 Å². The highest BCUT2D eigenvalue weighted by Gasteiger charge is 2.81. The predicted octanol–water partition coefficient (Wildman–Crippen LogP) is 1.28. The zero-order chi connectivity index (χ0) is 10.6. The van der Waals surface area contributed by atoms with Crippen molar-refractivity contribution < 1.29 is 9.53 Å². The van der Waals surface area contributed by atoms with E-state index in [0.29, 0.717) is 6.54 Å². The Morgan fingerprint density at radius 1 is 1.57 bits per heavy atom. The maximum absolute atomic E-state index is 11.7. The van der Waals surface area contributed by atoms with Crippen molar-refractivity contribution in [3.63, 3.8) is 0 Å². The zero-order valence-electron chi connectivity index (χ0n) is 8.22. The second-order valence-corrected chi connectivity index (χ2v) is 5.55. The summed E-state index contributed by atoms with van der Waals surface area (Å²) >= 11 is 12.3. The first-order valence-corrected chi connectivity index (χ1v) is 5.37. The van der Waals surface area contributed by atoms with Crippen LogP contribution >= 0.6 is 23.2 Å². The molecule has 0 amide bonds. The third-order valence-electron chi connectivity index (χ3n) is 3.41. The van der Waals surface area contributed by atoms with Crippen LogP contribution < -0.4 is 0 Å². The number of ether oxygens (including phenoxy) is 1. The van der Waals surface area contributed by atoms with Gasteiger partial charge in [0.2, 0.25) is 0 Å². The topological polar surface area (TPSA) is 29.5 Å². The molecule has 2 unspecified atom stereocenters. The Hall–Kier alpha value is 0.01000. The Morgan fingerprint density at radius 3 is 2.79 bits per heavy atom. The summed E-state index contributed by atoms with van der Waals surface area (Å²) in [5.74, 6) is -0.221. The molecule has 3 nitrogen and oxygen atoms in total. The number of hydrogen-bond donors (Lipinski definition) is 0. The molecule has 0 aromatic heterocycles. The third kappa shape index (κ3) is 1.06. The number of methoxy groups -OCH3 is 1. The van der Waals surface area contributed by atoms with Gasteiger partial charge in [-0.05, 0) is 20.0 Å². The van der Waals surface area contributed by atoms with Gasteiger partial charge in [0.15, 0.2) is 0 Å². The molecule has 2 rings (SSSR count). The molecule has 0 N–H and O–H groups in total. The first-order chi connectivity index (χ1) is 6.46. The lowest BCUT2D eigenvalue weighted by atomic mass is 9.98. The fraction of sp³-hybridized carbons (Fsp3) is 0.889. The molecule has 0 aromatic rings. The molecule has 14 heavy (non-hydrogen) atoms. The van der Waals surface area contributed by atoms with Crippen molar-refractivity contribution in [2.75, 3.05) is 27.2 Å². The molecule has 0 bridgehead atoms. The van der Waals surface area contributed by atoms with E-state index in [4.69, 9.17) is 27.9 Å². The molecule has 1 saturated heterocycles. The number of halogens is 2. The van der Waals surface area contributed by atoms with Gasteiger partial charge >= 0.3 is 5.97 Å². The number of carbonyl (C=O) groups is 1. The van der Waals surface area contributed by atoms with Gasteiger partial charge in [-0.2, -0.15) is 0 Å². The standard InChI is InChI=1S/C9H13Cl2NO2/c1-12-4-3-6-8(5-12,7(13)14-2)9(6,10)11/h6H,3-5H2,1-2H3. The number of hydrogen-bond acceptors (Lipinski definition) is 3. The van der Waals surface area contributed by atoms with Gasteiger partial charge in [-0.3, -0.25) is 4.79 Å². The molecule has 2 aliphatic rings. The van der Waals surface area contributed by atoms with Crippen molar-refractivity contribution in [1.82, 2.24) is 4.90 Å². The summed E-state index contributed by atoms with van der Waals surface area (Å²) in [5, 5.41) is 0. The molecule has 0 aromatic carbocycles. The van der Waals surface area contributed by atoms with E-state index in [1.165, 1.54) is 7.11 Å². The first kappa shape index (κ1) is 10.5. The summed E-state index contributed by atoms with van der Waals surface area (Å²) < 4.78 is 3.86.